The molecule has 0 radical (unpaired) electrons. The number of ether oxygens (including phenoxy) is 3. The lowest BCUT2D eigenvalue weighted by molar-refractivity contribution is -0.0116. The van der Waals surface area contributed by atoms with Gasteiger partial charge in [-0.05, 0) is 0 Å². The van der Waals surface area contributed by atoms with Gasteiger partial charge in [-0.15, -0.1) is 0 Å². The Kier molecular flexibility index (Phi) is 1.52. The lowest BCUT2D eigenvalue weighted by Crippen LogP contribution is -2.35. The van der Waals surface area contributed by atoms with Gasteiger partial charge in [0.15, 0.2) is 0 Å². The van der Waals surface area contributed by atoms with E-state index in [2.05, 4.69) is 0 Å². The average molecular weight is 188 g/mol. The van der Waals surface area contributed by atoms with E-state index in [1.54, 1.807) is 7.11 Å². The SMILES string of the molecule is COC1C2OC2C(O)C(O)C2OC21. The molecular formula is C8H12O5. The van der Waals surface area contributed by atoms with E-state index in [4.69, 9.17) is 14.2 Å². The first-order valence-electron chi connectivity index (χ1n) is 4.44. The number of epoxide rings is 2. The first-order chi connectivity index (χ1) is 6.24. The van der Waals surface area contributed by atoms with Gasteiger partial charge in [0.25, 0.3) is 0 Å². The third-order valence-corrected chi connectivity index (χ3v) is 3.07. The first-order valence-corrected chi connectivity index (χ1v) is 4.44. The molecule has 3 fully saturated rings. The Balaban J connectivity index is 1.84. The van der Waals surface area contributed by atoms with Gasteiger partial charge in [-0.2, -0.15) is 0 Å². The number of aliphatic hydroxyl groups excluding tert-OH is 2. The van der Waals surface area contributed by atoms with Crippen molar-refractivity contribution >= 4 is 0 Å². The number of hydrogen-bond acceptors (Lipinski definition) is 5. The fourth-order valence-corrected chi connectivity index (χ4v) is 2.19. The molecule has 3 rings (SSSR count). The Morgan fingerprint density at radius 1 is 0.923 bits per heavy atom. The van der Waals surface area contributed by atoms with Crippen LogP contribution in [0.3, 0.4) is 0 Å². The lowest BCUT2D eigenvalue weighted by Gasteiger charge is -2.11. The van der Waals surface area contributed by atoms with Crippen LogP contribution >= 0.6 is 0 Å². The van der Waals surface area contributed by atoms with Crippen molar-refractivity contribution in [3.05, 3.63) is 0 Å². The van der Waals surface area contributed by atoms with Crippen LogP contribution in [-0.2, 0) is 14.2 Å². The summed E-state index contributed by atoms with van der Waals surface area (Å²) < 4.78 is 15.7. The van der Waals surface area contributed by atoms with E-state index in [9.17, 15) is 10.2 Å². The first kappa shape index (κ1) is 8.14. The zero-order valence-electron chi connectivity index (χ0n) is 7.16. The zero-order valence-corrected chi connectivity index (χ0v) is 7.16. The molecule has 1 aliphatic carbocycles. The summed E-state index contributed by atoms with van der Waals surface area (Å²) in [6.45, 7) is 0. The summed E-state index contributed by atoms with van der Waals surface area (Å²) in [7, 11) is 1.59. The molecule has 6 atom stereocenters. The van der Waals surface area contributed by atoms with Crippen molar-refractivity contribution in [2.75, 3.05) is 7.11 Å². The monoisotopic (exact) mass is 188 g/mol. The number of hydrogen-bond donors (Lipinski definition) is 2. The summed E-state index contributed by atoms with van der Waals surface area (Å²) in [6.07, 6.45) is -2.55. The Bertz CT molecular complexity index is 211. The van der Waals surface area contributed by atoms with Crippen molar-refractivity contribution in [2.45, 2.75) is 42.7 Å². The van der Waals surface area contributed by atoms with Crippen LogP contribution < -0.4 is 0 Å². The predicted molar refractivity (Wildman–Crippen MR) is 40.1 cm³/mol. The van der Waals surface area contributed by atoms with Crippen molar-refractivity contribution in [1.29, 1.82) is 0 Å². The molecule has 0 aromatic carbocycles. The van der Waals surface area contributed by atoms with Crippen LogP contribution in [0.15, 0.2) is 0 Å². The van der Waals surface area contributed by atoms with Crippen molar-refractivity contribution in [1.82, 2.24) is 0 Å². The molecular weight excluding hydrogens is 176 g/mol. The highest BCUT2D eigenvalue weighted by Crippen LogP contribution is 2.45. The summed E-state index contributed by atoms with van der Waals surface area (Å²) in [6, 6.07) is 0. The Labute approximate surface area is 75.2 Å². The minimum absolute atomic E-state index is 0.104. The summed E-state index contributed by atoms with van der Waals surface area (Å²) in [4.78, 5) is 0. The molecule has 5 nitrogen and oxygen atoms in total. The summed E-state index contributed by atoms with van der Waals surface area (Å²) in [5.74, 6) is 0. The number of rotatable bonds is 1. The number of aliphatic hydroxyl groups is 2. The Morgan fingerprint density at radius 2 is 1.38 bits per heavy atom. The van der Waals surface area contributed by atoms with Gasteiger partial charge >= 0.3 is 0 Å². The van der Waals surface area contributed by atoms with Crippen molar-refractivity contribution in [2.24, 2.45) is 0 Å². The van der Waals surface area contributed by atoms with E-state index in [0.717, 1.165) is 0 Å². The van der Waals surface area contributed by atoms with Crippen LogP contribution in [0, 0.1) is 0 Å². The molecule has 0 bridgehead atoms. The van der Waals surface area contributed by atoms with Crippen molar-refractivity contribution in [3.8, 4) is 0 Å². The van der Waals surface area contributed by atoms with Crippen LogP contribution in [0.5, 0.6) is 0 Å². The van der Waals surface area contributed by atoms with Crippen LogP contribution in [-0.4, -0.2) is 60.1 Å². The molecule has 5 heteroatoms. The molecule has 2 saturated heterocycles. The molecule has 6 unspecified atom stereocenters. The molecule has 0 amide bonds. The van der Waals surface area contributed by atoms with E-state index < -0.39 is 12.2 Å². The molecule has 2 aliphatic heterocycles. The molecule has 3 aliphatic rings. The van der Waals surface area contributed by atoms with Gasteiger partial charge in [-0.1, -0.05) is 0 Å². The fraction of sp³-hybridized carbons (Fsp3) is 1.00. The van der Waals surface area contributed by atoms with Crippen LogP contribution in [0.25, 0.3) is 0 Å². The van der Waals surface area contributed by atoms with Gasteiger partial charge in [0, 0.05) is 7.11 Å². The topological polar surface area (TPSA) is 74.8 Å². The Hall–Kier alpha value is -0.200. The van der Waals surface area contributed by atoms with Crippen molar-refractivity contribution in [3.63, 3.8) is 0 Å². The summed E-state index contributed by atoms with van der Waals surface area (Å²) in [5.41, 5.74) is 0. The molecule has 0 aromatic heterocycles. The minimum Gasteiger partial charge on any atom is -0.387 e. The van der Waals surface area contributed by atoms with Gasteiger partial charge in [0.1, 0.15) is 42.7 Å². The number of methoxy groups -OCH3 is 1. The van der Waals surface area contributed by atoms with E-state index in [1.165, 1.54) is 0 Å². The third kappa shape index (κ3) is 0.992. The van der Waals surface area contributed by atoms with Gasteiger partial charge < -0.3 is 24.4 Å². The van der Waals surface area contributed by atoms with Gasteiger partial charge in [-0.25, -0.2) is 0 Å². The highest BCUT2D eigenvalue weighted by molar-refractivity contribution is 5.13. The van der Waals surface area contributed by atoms with Gasteiger partial charge in [0.05, 0.1) is 0 Å². The second-order valence-electron chi connectivity index (χ2n) is 3.81. The van der Waals surface area contributed by atoms with Crippen LogP contribution in [0.1, 0.15) is 0 Å². The van der Waals surface area contributed by atoms with E-state index in [0.29, 0.717) is 0 Å². The van der Waals surface area contributed by atoms with E-state index in [-0.39, 0.29) is 30.5 Å². The maximum Gasteiger partial charge on any atom is 0.116 e. The highest BCUT2D eigenvalue weighted by atomic mass is 16.7. The van der Waals surface area contributed by atoms with Gasteiger partial charge in [0.2, 0.25) is 0 Å². The summed E-state index contributed by atoms with van der Waals surface area (Å²) >= 11 is 0. The van der Waals surface area contributed by atoms with Gasteiger partial charge in [-0.3, -0.25) is 0 Å². The quantitative estimate of drug-likeness (QED) is 0.478. The fourth-order valence-electron chi connectivity index (χ4n) is 2.19. The van der Waals surface area contributed by atoms with Crippen LogP contribution in [0.2, 0.25) is 0 Å². The molecule has 0 spiro atoms. The molecule has 0 aromatic rings. The molecule has 2 heterocycles. The largest absolute Gasteiger partial charge is 0.387 e. The molecule has 1 saturated carbocycles. The maximum absolute atomic E-state index is 9.57. The smallest absolute Gasteiger partial charge is 0.116 e. The lowest BCUT2D eigenvalue weighted by atomic mass is 10.1. The standard InChI is InChI=1S/C8H12O5/c1-11-6-7-4(12-7)2(9)3(10)5-8(6)13-5/h2-10H,1H3. The number of fused-ring (bicyclic) bond motifs is 2. The maximum atomic E-state index is 9.57. The van der Waals surface area contributed by atoms with Crippen molar-refractivity contribution < 1.29 is 24.4 Å². The second-order valence-corrected chi connectivity index (χ2v) is 3.81. The molecule has 2 N–H and O–H groups in total. The molecule has 13 heavy (non-hydrogen) atoms. The average Bonchev–Trinajstić information content (AvgIpc) is 2.94. The minimum atomic E-state index is -0.833. The van der Waals surface area contributed by atoms with E-state index >= 15 is 0 Å². The predicted octanol–water partition coefficient (Wildman–Crippen LogP) is -1.73. The third-order valence-electron chi connectivity index (χ3n) is 3.07. The zero-order chi connectivity index (χ0) is 9.16. The van der Waals surface area contributed by atoms with Crippen LogP contribution in [0.4, 0.5) is 0 Å². The van der Waals surface area contributed by atoms with E-state index in [1.807, 2.05) is 0 Å². The second kappa shape index (κ2) is 2.43. The summed E-state index contributed by atoms with van der Waals surface area (Å²) in [5, 5.41) is 19.1. The molecule has 74 valence electrons. The highest BCUT2D eigenvalue weighted by Gasteiger charge is 2.66. The Morgan fingerprint density at radius 3 is 1.77 bits per heavy atom. The normalized spacial score (nSPS) is 63.5.